The summed E-state index contributed by atoms with van der Waals surface area (Å²) in [5, 5.41) is 1.02. The van der Waals surface area contributed by atoms with Gasteiger partial charge in [-0.3, -0.25) is 0 Å². The van der Waals surface area contributed by atoms with E-state index in [0.717, 1.165) is 24.5 Å². The highest BCUT2D eigenvalue weighted by atomic mass is 19.4. The van der Waals surface area contributed by atoms with Gasteiger partial charge in [0.05, 0.1) is 0 Å². The number of allylic oxidation sites excluding steroid dienone is 1. The third kappa shape index (κ3) is 5.16. The quantitative estimate of drug-likeness (QED) is 0.194. The predicted molar refractivity (Wildman–Crippen MR) is 120 cm³/mol. The Balaban J connectivity index is 1.69. The van der Waals surface area contributed by atoms with Gasteiger partial charge in [-0.15, -0.1) is 19.8 Å². The van der Waals surface area contributed by atoms with Gasteiger partial charge in [0.1, 0.15) is 11.6 Å². The Morgan fingerprint density at radius 1 is 0.743 bits per heavy atom. The molecule has 0 N–H and O–H groups in total. The second kappa shape index (κ2) is 9.44. The third-order valence-electron chi connectivity index (χ3n) is 5.46. The summed E-state index contributed by atoms with van der Waals surface area (Å²) in [6.07, 6.45) is -1.96. The fourth-order valence-corrected chi connectivity index (χ4v) is 3.83. The zero-order chi connectivity index (χ0) is 25.3. The molecule has 180 valence electrons. The lowest BCUT2D eigenvalue weighted by molar-refractivity contribution is -0.276. The molecule has 4 aromatic carbocycles. The number of ether oxygens (including phenoxy) is 1. The lowest BCUT2D eigenvalue weighted by Gasteiger charge is -2.13. The van der Waals surface area contributed by atoms with E-state index in [1.54, 1.807) is 24.3 Å². The minimum absolute atomic E-state index is 0.119. The van der Waals surface area contributed by atoms with Crippen LogP contribution in [0.15, 0.2) is 73.3 Å². The van der Waals surface area contributed by atoms with Gasteiger partial charge in [0.2, 0.25) is 5.75 Å². The Hall–Kier alpha value is -3.81. The summed E-state index contributed by atoms with van der Waals surface area (Å²) in [6.45, 7) is 3.68. The highest BCUT2D eigenvalue weighted by Gasteiger charge is 2.34. The first-order valence-corrected chi connectivity index (χ1v) is 10.4. The Kier molecular flexibility index (Phi) is 6.56. The first-order chi connectivity index (χ1) is 16.6. The molecule has 0 atom stereocenters. The molecule has 0 aliphatic rings. The molecule has 0 spiro atoms. The van der Waals surface area contributed by atoms with Gasteiger partial charge in [-0.2, -0.15) is 0 Å². The van der Waals surface area contributed by atoms with E-state index in [4.69, 9.17) is 0 Å². The molecule has 0 saturated heterocycles. The van der Waals surface area contributed by atoms with Crippen LogP contribution in [0, 0.1) is 23.3 Å². The van der Waals surface area contributed by atoms with Gasteiger partial charge in [-0.25, -0.2) is 17.6 Å². The van der Waals surface area contributed by atoms with Gasteiger partial charge < -0.3 is 4.74 Å². The monoisotopic (exact) mass is 490 g/mol. The van der Waals surface area contributed by atoms with Gasteiger partial charge in [0.25, 0.3) is 0 Å². The summed E-state index contributed by atoms with van der Waals surface area (Å²) in [6, 6.07) is 13.1. The molecule has 0 bridgehead atoms. The topological polar surface area (TPSA) is 9.23 Å². The van der Waals surface area contributed by atoms with Gasteiger partial charge in [0.15, 0.2) is 11.6 Å². The molecule has 0 unspecified atom stereocenters. The van der Waals surface area contributed by atoms with Crippen LogP contribution >= 0.6 is 0 Å². The zero-order valence-electron chi connectivity index (χ0n) is 18.0. The van der Waals surface area contributed by atoms with Crippen molar-refractivity contribution in [3.63, 3.8) is 0 Å². The lowest BCUT2D eigenvalue weighted by atomic mass is 9.96. The Labute approximate surface area is 196 Å². The van der Waals surface area contributed by atoms with E-state index in [2.05, 4.69) is 11.3 Å². The molecule has 35 heavy (non-hydrogen) atoms. The molecule has 0 aliphatic heterocycles. The zero-order valence-corrected chi connectivity index (χ0v) is 18.0. The molecule has 0 saturated carbocycles. The smallest absolute Gasteiger partial charge is 0.399 e. The number of hydrogen-bond acceptors (Lipinski definition) is 1. The van der Waals surface area contributed by atoms with E-state index in [9.17, 15) is 26.3 Å². The van der Waals surface area contributed by atoms with Crippen LogP contribution in [0.1, 0.15) is 12.0 Å². The number of alkyl halides is 3. The second-order valence-corrected chi connectivity index (χ2v) is 7.82. The Morgan fingerprint density at radius 3 is 2.03 bits per heavy atom. The standard InChI is InChI=1S/C27H17F7O/c1-2-3-4-15-5-8-20-16(11-15)7-10-21(25(20)31)17-6-9-19(22(28)12-17)18-13-23(29)26(24(30)14-18)35-27(32,33)34/h2,5-14H,1,3-4H2. The average Bonchev–Trinajstić information content (AvgIpc) is 2.79. The molecule has 0 heterocycles. The van der Waals surface area contributed by atoms with Crippen LogP contribution in [0.5, 0.6) is 5.75 Å². The molecule has 8 heteroatoms. The van der Waals surface area contributed by atoms with Crippen molar-refractivity contribution in [1.82, 2.24) is 0 Å². The van der Waals surface area contributed by atoms with E-state index in [1.165, 1.54) is 18.2 Å². The van der Waals surface area contributed by atoms with Gasteiger partial charge >= 0.3 is 6.36 Å². The largest absolute Gasteiger partial charge is 0.573 e. The fourth-order valence-electron chi connectivity index (χ4n) is 3.83. The Morgan fingerprint density at radius 2 is 1.40 bits per heavy atom. The molecule has 1 nitrogen and oxygen atoms in total. The van der Waals surface area contributed by atoms with E-state index >= 15 is 4.39 Å². The first kappa shape index (κ1) is 24.3. The van der Waals surface area contributed by atoms with Crippen molar-refractivity contribution in [2.24, 2.45) is 0 Å². The number of halogens is 7. The molecular formula is C27H17F7O. The summed E-state index contributed by atoms with van der Waals surface area (Å²) < 4.78 is 98.6. The van der Waals surface area contributed by atoms with E-state index in [1.807, 2.05) is 6.07 Å². The van der Waals surface area contributed by atoms with Crippen LogP contribution in [-0.4, -0.2) is 6.36 Å². The maximum Gasteiger partial charge on any atom is 0.573 e. The molecule has 0 radical (unpaired) electrons. The summed E-state index contributed by atoms with van der Waals surface area (Å²) in [5.41, 5.74) is 0.696. The molecule has 4 rings (SSSR count). The van der Waals surface area contributed by atoms with E-state index < -0.39 is 35.4 Å². The van der Waals surface area contributed by atoms with Crippen LogP contribution in [0.25, 0.3) is 33.0 Å². The van der Waals surface area contributed by atoms with Crippen LogP contribution in [0.2, 0.25) is 0 Å². The summed E-state index contributed by atoms with van der Waals surface area (Å²) >= 11 is 0. The molecule has 0 amide bonds. The molecule has 0 fully saturated rings. The predicted octanol–water partition coefficient (Wildman–Crippen LogP) is 8.75. The molecular weight excluding hydrogens is 473 g/mol. The van der Waals surface area contributed by atoms with Gasteiger partial charge in [-0.05, 0) is 53.1 Å². The van der Waals surface area contributed by atoms with Crippen molar-refractivity contribution in [3.8, 4) is 28.0 Å². The van der Waals surface area contributed by atoms with Crippen molar-refractivity contribution in [2.45, 2.75) is 19.2 Å². The molecule has 0 aromatic heterocycles. The first-order valence-electron chi connectivity index (χ1n) is 10.4. The van der Waals surface area contributed by atoms with Crippen LogP contribution in [0.3, 0.4) is 0 Å². The van der Waals surface area contributed by atoms with Gasteiger partial charge in [-0.1, -0.05) is 48.5 Å². The van der Waals surface area contributed by atoms with Crippen molar-refractivity contribution >= 4 is 10.8 Å². The van der Waals surface area contributed by atoms with Crippen molar-refractivity contribution in [3.05, 3.63) is 102 Å². The normalized spacial score (nSPS) is 11.6. The van der Waals surface area contributed by atoms with Crippen molar-refractivity contribution < 1.29 is 35.5 Å². The third-order valence-corrected chi connectivity index (χ3v) is 5.46. The highest BCUT2D eigenvalue weighted by Crippen LogP contribution is 2.36. The average molecular weight is 490 g/mol. The number of fused-ring (bicyclic) bond motifs is 1. The number of aryl methyl sites for hydroxylation is 1. The minimum atomic E-state index is -5.30. The van der Waals surface area contributed by atoms with Crippen LogP contribution in [-0.2, 0) is 6.42 Å². The number of hydrogen-bond donors (Lipinski definition) is 0. The van der Waals surface area contributed by atoms with E-state index in [-0.39, 0.29) is 22.3 Å². The minimum Gasteiger partial charge on any atom is -0.399 e. The van der Waals surface area contributed by atoms with Crippen LogP contribution in [0.4, 0.5) is 30.7 Å². The summed E-state index contributed by atoms with van der Waals surface area (Å²) in [4.78, 5) is 0. The second-order valence-electron chi connectivity index (χ2n) is 7.82. The lowest BCUT2D eigenvalue weighted by Crippen LogP contribution is -2.19. The maximum atomic E-state index is 15.2. The number of benzene rings is 4. The maximum absolute atomic E-state index is 15.2. The molecule has 0 aliphatic carbocycles. The van der Waals surface area contributed by atoms with Gasteiger partial charge in [0, 0.05) is 16.5 Å². The summed E-state index contributed by atoms with van der Waals surface area (Å²) in [5.74, 6) is -6.42. The highest BCUT2D eigenvalue weighted by molar-refractivity contribution is 5.89. The SMILES string of the molecule is C=CCCc1ccc2c(F)c(-c3ccc(-c4cc(F)c(OC(F)(F)F)c(F)c4)c(F)c3)ccc2c1. The Bertz CT molecular complexity index is 1400. The van der Waals surface area contributed by atoms with Crippen molar-refractivity contribution in [2.75, 3.05) is 0 Å². The number of rotatable bonds is 6. The van der Waals surface area contributed by atoms with E-state index in [0.29, 0.717) is 22.9 Å². The van der Waals surface area contributed by atoms with Crippen molar-refractivity contribution in [1.29, 1.82) is 0 Å². The molecule has 4 aromatic rings. The fraction of sp³-hybridized carbons (Fsp3) is 0.111. The summed E-state index contributed by atoms with van der Waals surface area (Å²) in [7, 11) is 0. The van der Waals surface area contributed by atoms with Crippen LogP contribution < -0.4 is 4.74 Å².